The number of hydrogen-bond acceptors (Lipinski definition) is 4. The normalized spacial score (nSPS) is 12.5. The number of nitrogens with zero attached hydrogens (tertiary/aromatic N) is 1. The molecular weight excluding hydrogens is 376 g/mol. The number of sulfone groups is 1. The molecule has 0 fully saturated rings. The van der Waals surface area contributed by atoms with Crippen LogP contribution in [0.25, 0.3) is 10.8 Å². The lowest BCUT2D eigenvalue weighted by Gasteiger charge is -2.28. The molecule has 0 radical (unpaired) electrons. The molecule has 0 spiro atoms. The van der Waals surface area contributed by atoms with E-state index in [1.807, 2.05) is 43.3 Å². The number of amides is 2. The average Bonchev–Trinajstić information content (AvgIpc) is 2.67. The van der Waals surface area contributed by atoms with E-state index >= 15 is 0 Å². The van der Waals surface area contributed by atoms with Crippen LogP contribution in [-0.4, -0.2) is 55.8 Å². The molecule has 2 aromatic carbocycles. The Kier molecular flexibility index (Phi) is 7.57. The van der Waals surface area contributed by atoms with Gasteiger partial charge in [0.15, 0.2) is 9.84 Å². The fourth-order valence-electron chi connectivity index (χ4n) is 3.17. The molecule has 1 N–H and O–H groups in total. The van der Waals surface area contributed by atoms with Gasteiger partial charge in [0.1, 0.15) is 0 Å². The van der Waals surface area contributed by atoms with E-state index in [4.69, 9.17) is 0 Å². The quantitative estimate of drug-likeness (QED) is 0.696. The van der Waals surface area contributed by atoms with E-state index in [2.05, 4.69) is 5.32 Å². The lowest BCUT2D eigenvalue weighted by atomic mass is 10.1. The summed E-state index contributed by atoms with van der Waals surface area (Å²) in [7, 11) is -3.16. The highest BCUT2D eigenvalue weighted by Gasteiger charge is 2.23. The van der Waals surface area contributed by atoms with Gasteiger partial charge in [-0.3, -0.25) is 9.59 Å². The largest absolute Gasteiger partial charge is 0.352 e. The van der Waals surface area contributed by atoms with Gasteiger partial charge in [0.05, 0.1) is 5.75 Å². The Balaban J connectivity index is 1.91. The van der Waals surface area contributed by atoms with E-state index in [1.54, 1.807) is 24.8 Å². The number of carbonyl (C=O) groups is 2. The molecule has 1 unspecified atom stereocenters. The molecule has 0 aromatic heterocycles. The van der Waals surface area contributed by atoms with E-state index < -0.39 is 15.9 Å². The van der Waals surface area contributed by atoms with Crippen LogP contribution in [-0.2, 0) is 14.6 Å². The number of fused-ring (bicyclic) bond motifs is 1. The van der Waals surface area contributed by atoms with E-state index in [-0.39, 0.29) is 36.3 Å². The first-order valence-electron chi connectivity index (χ1n) is 9.54. The second-order valence-corrected chi connectivity index (χ2v) is 9.19. The van der Waals surface area contributed by atoms with Crippen LogP contribution in [0.3, 0.4) is 0 Å². The number of benzene rings is 2. The van der Waals surface area contributed by atoms with Crippen molar-refractivity contribution in [1.29, 1.82) is 0 Å². The van der Waals surface area contributed by atoms with Crippen molar-refractivity contribution in [3.63, 3.8) is 0 Å². The highest BCUT2D eigenvalue weighted by Crippen LogP contribution is 2.15. The first kappa shape index (κ1) is 21.9. The van der Waals surface area contributed by atoms with Gasteiger partial charge >= 0.3 is 0 Å². The Labute approximate surface area is 166 Å². The lowest BCUT2D eigenvalue weighted by Crippen LogP contribution is -2.43. The number of nitrogens with one attached hydrogen (secondary N) is 1. The second-order valence-electron chi connectivity index (χ2n) is 6.80. The highest BCUT2D eigenvalue weighted by atomic mass is 32.2. The molecule has 0 heterocycles. The summed E-state index contributed by atoms with van der Waals surface area (Å²) < 4.78 is 23.6. The smallest absolute Gasteiger partial charge is 0.251 e. The van der Waals surface area contributed by atoms with Crippen LogP contribution in [0, 0.1) is 0 Å². The van der Waals surface area contributed by atoms with Crippen LogP contribution >= 0.6 is 0 Å². The zero-order chi connectivity index (χ0) is 20.7. The van der Waals surface area contributed by atoms with Gasteiger partial charge in [0, 0.05) is 36.9 Å². The molecule has 1 atom stereocenters. The van der Waals surface area contributed by atoms with Crippen molar-refractivity contribution in [3.05, 3.63) is 48.0 Å². The summed E-state index contributed by atoms with van der Waals surface area (Å²) in [5.74, 6) is -0.388. The van der Waals surface area contributed by atoms with Crippen LogP contribution in [0.2, 0.25) is 0 Å². The molecular formula is C21H28N2O4S. The van der Waals surface area contributed by atoms with Gasteiger partial charge < -0.3 is 10.2 Å². The molecule has 0 aliphatic rings. The molecule has 6 nitrogen and oxygen atoms in total. The van der Waals surface area contributed by atoms with Gasteiger partial charge in [-0.1, -0.05) is 37.3 Å². The van der Waals surface area contributed by atoms with Crippen molar-refractivity contribution in [1.82, 2.24) is 10.2 Å². The number of carbonyl (C=O) groups excluding carboxylic acids is 2. The molecule has 0 bridgehead atoms. The van der Waals surface area contributed by atoms with Crippen LogP contribution in [0.5, 0.6) is 0 Å². The summed E-state index contributed by atoms with van der Waals surface area (Å²) in [6.07, 6.45) is 0.129. The Morgan fingerprint density at radius 3 is 2.39 bits per heavy atom. The van der Waals surface area contributed by atoms with Gasteiger partial charge in [-0.15, -0.1) is 0 Å². The summed E-state index contributed by atoms with van der Waals surface area (Å²) in [6, 6.07) is 12.9. The fraction of sp³-hybridized carbons (Fsp3) is 0.429. The Morgan fingerprint density at radius 2 is 1.75 bits per heavy atom. The monoisotopic (exact) mass is 404 g/mol. The summed E-state index contributed by atoms with van der Waals surface area (Å²) in [4.78, 5) is 26.4. The summed E-state index contributed by atoms with van der Waals surface area (Å²) in [5.41, 5.74) is 0.543. The molecule has 152 valence electrons. The summed E-state index contributed by atoms with van der Waals surface area (Å²) in [6.45, 7) is 5.79. The van der Waals surface area contributed by atoms with E-state index in [9.17, 15) is 18.0 Å². The van der Waals surface area contributed by atoms with E-state index in [0.29, 0.717) is 12.1 Å². The minimum absolute atomic E-state index is 0.0491. The molecule has 0 aliphatic heterocycles. The van der Waals surface area contributed by atoms with Crippen LogP contribution in [0.4, 0.5) is 0 Å². The van der Waals surface area contributed by atoms with Crippen molar-refractivity contribution in [2.24, 2.45) is 0 Å². The highest BCUT2D eigenvalue weighted by molar-refractivity contribution is 7.91. The van der Waals surface area contributed by atoms with Crippen molar-refractivity contribution in [3.8, 4) is 0 Å². The van der Waals surface area contributed by atoms with E-state index in [0.717, 1.165) is 10.8 Å². The van der Waals surface area contributed by atoms with Gasteiger partial charge in [-0.05, 0) is 36.8 Å². The fourth-order valence-corrected chi connectivity index (χ4v) is 4.32. The molecule has 0 saturated carbocycles. The third-order valence-corrected chi connectivity index (χ3v) is 6.63. The number of rotatable bonds is 9. The first-order chi connectivity index (χ1) is 13.3. The minimum Gasteiger partial charge on any atom is -0.352 e. The molecule has 2 amide bonds. The third-order valence-electron chi connectivity index (χ3n) is 4.76. The average molecular weight is 405 g/mol. The number of hydrogen-bond donors (Lipinski definition) is 1. The maximum absolute atomic E-state index is 12.5. The third kappa shape index (κ3) is 5.79. The molecule has 0 saturated heterocycles. The molecule has 0 aliphatic carbocycles. The van der Waals surface area contributed by atoms with Crippen LogP contribution in [0.1, 0.15) is 37.6 Å². The Hall–Kier alpha value is -2.41. The summed E-state index contributed by atoms with van der Waals surface area (Å²) in [5, 5.41) is 4.81. The molecule has 2 aromatic rings. The second kappa shape index (κ2) is 9.68. The SMILES string of the molecule is CCN(C(=O)CCNC(=O)c1ccc2ccccc2c1)C(C)CS(=O)(=O)CC. The van der Waals surface area contributed by atoms with Crippen molar-refractivity contribution in [2.75, 3.05) is 24.6 Å². The van der Waals surface area contributed by atoms with Crippen molar-refractivity contribution < 1.29 is 18.0 Å². The molecule has 2 rings (SSSR count). The van der Waals surface area contributed by atoms with Gasteiger partial charge in [-0.25, -0.2) is 8.42 Å². The van der Waals surface area contributed by atoms with Crippen LogP contribution < -0.4 is 5.32 Å². The topological polar surface area (TPSA) is 83.6 Å². The Morgan fingerprint density at radius 1 is 1.07 bits per heavy atom. The summed E-state index contributed by atoms with van der Waals surface area (Å²) >= 11 is 0. The zero-order valence-corrected chi connectivity index (χ0v) is 17.5. The standard InChI is InChI=1S/C21H28N2O4S/c1-4-23(16(3)15-28(26,27)5-2)20(24)12-13-22-21(25)19-11-10-17-8-6-7-9-18(17)14-19/h6-11,14,16H,4-5,12-13,15H2,1-3H3,(H,22,25). The van der Waals surface area contributed by atoms with E-state index in [1.165, 1.54) is 0 Å². The van der Waals surface area contributed by atoms with Gasteiger partial charge in [0.25, 0.3) is 5.91 Å². The van der Waals surface area contributed by atoms with Gasteiger partial charge in [0.2, 0.25) is 5.91 Å². The van der Waals surface area contributed by atoms with Crippen molar-refractivity contribution in [2.45, 2.75) is 33.2 Å². The molecule has 28 heavy (non-hydrogen) atoms. The molecule has 7 heteroatoms. The maximum atomic E-state index is 12.5. The van der Waals surface area contributed by atoms with Crippen molar-refractivity contribution >= 4 is 32.4 Å². The predicted octanol–water partition coefficient (Wildman–Crippen LogP) is 2.63. The maximum Gasteiger partial charge on any atom is 0.251 e. The zero-order valence-electron chi connectivity index (χ0n) is 16.6. The minimum atomic E-state index is -3.16. The van der Waals surface area contributed by atoms with Crippen LogP contribution in [0.15, 0.2) is 42.5 Å². The first-order valence-corrected chi connectivity index (χ1v) is 11.4. The predicted molar refractivity (Wildman–Crippen MR) is 112 cm³/mol. The Bertz CT molecular complexity index is 940. The lowest BCUT2D eigenvalue weighted by molar-refractivity contribution is -0.132. The van der Waals surface area contributed by atoms with Gasteiger partial charge in [-0.2, -0.15) is 0 Å².